The van der Waals surface area contributed by atoms with E-state index in [9.17, 15) is 0 Å². The van der Waals surface area contributed by atoms with Gasteiger partial charge in [0.15, 0.2) is 0 Å². The molecule has 4 aromatic rings. The van der Waals surface area contributed by atoms with Crippen molar-refractivity contribution in [2.24, 2.45) is 0 Å². The first-order chi connectivity index (χ1) is 10.2. The fraction of sp³-hybridized carbons (Fsp3) is 0.105. The van der Waals surface area contributed by atoms with Crippen molar-refractivity contribution >= 4 is 32.6 Å². The minimum absolute atomic E-state index is 0.686. The van der Waals surface area contributed by atoms with Crippen LogP contribution < -0.4 is 0 Å². The van der Waals surface area contributed by atoms with Crippen LogP contribution in [0, 0.1) is 25.2 Å². The average molecular weight is 270 g/mol. The topological polar surface area (TPSA) is 39.6 Å². The number of fused-ring (bicyclic) bond motifs is 5. The molecular weight excluding hydrogens is 256 g/mol. The highest BCUT2D eigenvalue weighted by Gasteiger charge is 2.09. The summed E-state index contributed by atoms with van der Waals surface area (Å²) < 4.78 is 0. The van der Waals surface area contributed by atoms with Crippen molar-refractivity contribution in [1.29, 1.82) is 5.26 Å². The molecule has 0 aliphatic carbocycles. The lowest BCUT2D eigenvalue weighted by Gasteiger charge is -2.05. The second-order valence-corrected chi connectivity index (χ2v) is 5.64. The van der Waals surface area contributed by atoms with Crippen LogP contribution in [0.2, 0.25) is 0 Å². The van der Waals surface area contributed by atoms with Gasteiger partial charge in [-0.3, -0.25) is 0 Å². The third-order valence-electron chi connectivity index (χ3n) is 4.33. The summed E-state index contributed by atoms with van der Waals surface area (Å²) in [5, 5.41) is 13.9. The summed E-state index contributed by atoms with van der Waals surface area (Å²) >= 11 is 0. The molecule has 0 bridgehead atoms. The monoisotopic (exact) mass is 270 g/mol. The van der Waals surface area contributed by atoms with E-state index in [2.05, 4.69) is 49.2 Å². The van der Waals surface area contributed by atoms with Crippen LogP contribution in [-0.2, 0) is 0 Å². The van der Waals surface area contributed by atoms with Crippen LogP contribution in [0.5, 0.6) is 0 Å². The fourth-order valence-corrected chi connectivity index (χ4v) is 3.04. The molecule has 2 nitrogen and oxygen atoms in total. The van der Waals surface area contributed by atoms with Crippen LogP contribution >= 0.6 is 0 Å². The standard InChI is InChI=1S/C19H14N2/c1-11-7-14-4-6-16-15-5-3-13(10-20)9-18(15)21-19(16)17(14)8-12(11)2/h3-9,21H,1-2H3. The summed E-state index contributed by atoms with van der Waals surface area (Å²) in [5.41, 5.74) is 5.47. The molecule has 0 aliphatic heterocycles. The largest absolute Gasteiger partial charge is 0.354 e. The van der Waals surface area contributed by atoms with Crippen molar-refractivity contribution < 1.29 is 0 Å². The Balaban J connectivity index is 2.20. The highest BCUT2D eigenvalue weighted by molar-refractivity contribution is 6.17. The average Bonchev–Trinajstić information content (AvgIpc) is 2.86. The van der Waals surface area contributed by atoms with Crippen LogP contribution in [-0.4, -0.2) is 4.98 Å². The van der Waals surface area contributed by atoms with Gasteiger partial charge in [0, 0.05) is 21.7 Å². The van der Waals surface area contributed by atoms with Crippen LogP contribution in [0.15, 0.2) is 42.5 Å². The number of rotatable bonds is 0. The smallest absolute Gasteiger partial charge is 0.0992 e. The highest BCUT2D eigenvalue weighted by Crippen LogP contribution is 2.32. The molecule has 1 N–H and O–H groups in total. The number of aryl methyl sites for hydroxylation is 2. The van der Waals surface area contributed by atoms with Gasteiger partial charge in [-0.05, 0) is 48.6 Å². The second kappa shape index (κ2) is 4.10. The zero-order valence-electron chi connectivity index (χ0n) is 12.0. The van der Waals surface area contributed by atoms with Crippen molar-refractivity contribution in [2.75, 3.05) is 0 Å². The van der Waals surface area contributed by atoms with Gasteiger partial charge < -0.3 is 4.98 Å². The highest BCUT2D eigenvalue weighted by atomic mass is 14.7. The van der Waals surface area contributed by atoms with E-state index in [-0.39, 0.29) is 0 Å². The molecule has 1 aromatic heterocycles. The summed E-state index contributed by atoms with van der Waals surface area (Å²) in [6.07, 6.45) is 0. The summed E-state index contributed by atoms with van der Waals surface area (Å²) in [6, 6.07) is 16.8. The third kappa shape index (κ3) is 1.64. The molecule has 0 fully saturated rings. The van der Waals surface area contributed by atoms with Crippen LogP contribution in [0.1, 0.15) is 16.7 Å². The normalized spacial score (nSPS) is 11.3. The molecule has 21 heavy (non-hydrogen) atoms. The summed E-state index contributed by atoms with van der Waals surface area (Å²) in [5.74, 6) is 0. The van der Waals surface area contributed by atoms with E-state index in [0.717, 1.165) is 11.0 Å². The Hall–Kier alpha value is -2.79. The van der Waals surface area contributed by atoms with Gasteiger partial charge in [0.25, 0.3) is 0 Å². The molecule has 0 amide bonds. The molecule has 0 saturated heterocycles. The molecule has 0 spiro atoms. The SMILES string of the molecule is Cc1cc2ccc3c4ccc(C#N)cc4[nH]c3c2cc1C. The number of hydrogen-bond donors (Lipinski definition) is 1. The number of benzene rings is 3. The molecule has 0 atom stereocenters. The number of nitrogens with one attached hydrogen (secondary N) is 1. The number of aromatic nitrogens is 1. The molecule has 4 rings (SSSR count). The fourth-order valence-electron chi connectivity index (χ4n) is 3.04. The number of hydrogen-bond acceptors (Lipinski definition) is 1. The molecule has 3 aromatic carbocycles. The van der Waals surface area contributed by atoms with E-state index in [1.54, 1.807) is 0 Å². The van der Waals surface area contributed by atoms with Gasteiger partial charge in [0.1, 0.15) is 0 Å². The Kier molecular flexibility index (Phi) is 2.34. The first kappa shape index (κ1) is 12.0. The van der Waals surface area contributed by atoms with Crippen molar-refractivity contribution in [1.82, 2.24) is 4.98 Å². The minimum atomic E-state index is 0.686. The van der Waals surface area contributed by atoms with Gasteiger partial charge in [-0.15, -0.1) is 0 Å². The zero-order valence-corrected chi connectivity index (χ0v) is 12.0. The molecule has 2 heteroatoms. The predicted octanol–water partition coefficient (Wildman–Crippen LogP) is 4.96. The van der Waals surface area contributed by atoms with Gasteiger partial charge in [-0.1, -0.05) is 24.3 Å². The minimum Gasteiger partial charge on any atom is -0.354 e. The van der Waals surface area contributed by atoms with Crippen LogP contribution in [0.25, 0.3) is 32.6 Å². The maximum absolute atomic E-state index is 9.05. The number of nitrogens with zero attached hydrogens (tertiary/aromatic N) is 1. The molecule has 0 radical (unpaired) electrons. The number of H-pyrrole nitrogens is 1. The van der Waals surface area contributed by atoms with E-state index in [4.69, 9.17) is 5.26 Å². The lowest BCUT2D eigenvalue weighted by molar-refractivity contribution is 1.37. The maximum Gasteiger partial charge on any atom is 0.0992 e. The Morgan fingerprint density at radius 3 is 2.43 bits per heavy atom. The quantitative estimate of drug-likeness (QED) is 0.482. The number of aromatic amines is 1. The summed E-state index contributed by atoms with van der Waals surface area (Å²) in [7, 11) is 0. The molecule has 0 aliphatic rings. The van der Waals surface area contributed by atoms with E-state index in [1.807, 2.05) is 18.2 Å². The summed E-state index contributed by atoms with van der Waals surface area (Å²) in [4.78, 5) is 3.49. The Morgan fingerprint density at radius 1 is 0.857 bits per heavy atom. The zero-order chi connectivity index (χ0) is 14.6. The van der Waals surface area contributed by atoms with Gasteiger partial charge in [0.05, 0.1) is 17.1 Å². The molecule has 100 valence electrons. The van der Waals surface area contributed by atoms with Gasteiger partial charge in [0.2, 0.25) is 0 Å². The van der Waals surface area contributed by atoms with Gasteiger partial charge in [-0.2, -0.15) is 5.26 Å². The Bertz CT molecular complexity index is 1060. The molecular formula is C19H14N2. The molecule has 0 unspecified atom stereocenters. The Labute approximate surface area is 122 Å². The van der Waals surface area contributed by atoms with Gasteiger partial charge >= 0.3 is 0 Å². The Morgan fingerprint density at radius 2 is 1.62 bits per heavy atom. The lowest BCUT2D eigenvalue weighted by Crippen LogP contribution is -1.83. The molecule has 1 heterocycles. The van der Waals surface area contributed by atoms with E-state index in [1.165, 1.54) is 32.7 Å². The second-order valence-electron chi connectivity index (χ2n) is 5.64. The van der Waals surface area contributed by atoms with Crippen molar-refractivity contribution in [3.63, 3.8) is 0 Å². The molecule has 0 saturated carbocycles. The van der Waals surface area contributed by atoms with E-state index < -0.39 is 0 Å². The first-order valence-corrected chi connectivity index (χ1v) is 7.03. The first-order valence-electron chi connectivity index (χ1n) is 7.03. The third-order valence-corrected chi connectivity index (χ3v) is 4.33. The van der Waals surface area contributed by atoms with Crippen molar-refractivity contribution in [2.45, 2.75) is 13.8 Å². The summed E-state index contributed by atoms with van der Waals surface area (Å²) in [6.45, 7) is 4.29. The van der Waals surface area contributed by atoms with E-state index >= 15 is 0 Å². The maximum atomic E-state index is 9.05. The van der Waals surface area contributed by atoms with Crippen LogP contribution in [0.3, 0.4) is 0 Å². The van der Waals surface area contributed by atoms with Crippen LogP contribution in [0.4, 0.5) is 0 Å². The van der Waals surface area contributed by atoms with E-state index in [0.29, 0.717) is 5.56 Å². The number of nitriles is 1. The predicted molar refractivity (Wildman–Crippen MR) is 87.5 cm³/mol. The lowest BCUT2D eigenvalue weighted by atomic mass is 10.0. The van der Waals surface area contributed by atoms with Gasteiger partial charge in [-0.25, -0.2) is 0 Å². The van der Waals surface area contributed by atoms with Crippen molar-refractivity contribution in [3.8, 4) is 6.07 Å². The van der Waals surface area contributed by atoms with Crippen molar-refractivity contribution in [3.05, 3.63) is 59.2 Å².